The summed E-state index contributed by atoms with van der Waals surface area (Å²) in [5, 5.41) is 6.46. The maximum atomic E-state index is 4.70. The lowest BCUT2D eigenvalue weighted by Gasteiger charge is -2.14. The van der Waals surface area contributed by atoms with Crippen LogP contribution >= 0.6 is 0 Å². The highest BCUT2D eigenvalue weighted by Crippen LogP contribution is 2.17. The van der Waals surface area contributed by atoms with Gasteiger partial charge < -0.3 is 0 Å². The average molecular weight is 292 g/mol. The van der Waals surface area contributed by atoms with Crippen molar-refractivity contribution in [3.63, 3.8) is 0 Å². The maximum Gasteiger partial charge on any atom is 0.0982 e. The number of rotatable bonds is 6. The molecular formula is C20H24N2. The van der Waals surface area contributed by atoms with E-state index in [0.717, 1.165) is 29.7 Å². The van der Waals surface area contributed by atoms with E-state index >= 15 is 0 Å². The van der Waals surface area contributed by atoms with Crippen LogP contribution in [0, 0.1) is 6.92 Å². The molecule has 0 aliphatic heterocycles. The number of aryl methyl sites for hydroxylation is 2. The highest BCUT2D eigenvalue weighted by molar-refractivity contribution is 6.13. The summed E-state index contributed by atoms with van der Waals surface area (Å²) in [6, 6.07) is 17.0. The highest BCUT2D eigenvalue weighted by atomic mass is 15.4. The molecule has 2 aromatic rings. The largest absolute Gasteiger partial charge is 0.276 e. The molecule has 0 aliphatic rings. The van der Waals surface area contributed by atoms with Gasteiger partial charge in [-0.05, 0) is 24.5 Å². The van der Waals surface area contributed by atoms with E-state index in [9.17, 15) is 0 Å². The second kappa shape index (κ2) is 7.60. The van der Waals surface area contributed by atoms with E-state index in [4.69, 9.17) is 5.10 Å². The quantitative estimate of drug-likeness (QED) is 0.553. The molecule has 2 heteroatoms. The third kappa shape index (κ3) is 3.85. The summed E-state index contributed by atoms with van der Waals surface area (Å²) in [5.74, 6) is 0. The van der Waals surface area contributed by atoms with Crippen molar-refractivity contribution in [2.24, 2.45) is 5.10 Å². The first-order chi connectivity index (χ1) is 10.7. The van der Waals surface area contributed by atoms with Gasteiger partial charge in [0, 0.05) is 24.4 Å². The minimum atomic E-state index is 0.976. The Morgan fingerprint density at radius 2 is 1.82 bits per heavy atom. The molecule has 2 rings (SSSR count). The molecule has 0 saturated carbocycles. The van der Waals surface area contributed by atoms with Crippen LogP contribution in [0.25, 0.3) is 0 Å². The fraction of sp³-hybridized carbons (Fsp3) is 0.250. The predicted octanol–water partition coefficient (Wildman–Crippen LogP) is 4.78. The van der Waals surface area contributed by atoms with Crippen LogP contribution in [0.5, 0.6) is 0 Å². The van der Waals surface area contributed by atoms with Crippen molar-refractivity contribution in [2.45, 2.75) is 26.7 Å². The van der Waals surface area contributed by atoms with E-state index in [-0.39, 0.29) is 0 Å². The zero-order valence-electron chi connectivity index (χ0n) is 13.7. The van der Waals surface area contributed by atoms with Crippen molar-refractivity contribution < 1.29 is 0 Å². The van der Waals surface area contributed by atoms with Crippen LogP contribution in [0.3, 0.4) is 0 Å². The van der Waals surface area contributed by atoms with Gasteiger partial charge in [-0.2, -0.15) is 5.10 Å². The summed E-state index contributed by atoms with van der Waals surface area (Å²) in [7, 11) is 1.90. The Hall–Kier alpha value is -2.35. The number of nitrogens with zero attached hydrogens (tertiary/aromatic N) is 2. The smallest absolute Gasteiger partial charge is 0.0982 e. The summed E-state index contributed by atoms with van der Waals surface area (Å²) in [6.07, 6.45) is 3.99. The van der Waals surface area contributed by atoms with Crippen molar-refractivity contribution in [3.8, 4) is 0 Å². The number of hydrogen-bond acceptors (Lipinski definition) is 2. The van der Waals surface area contributed by atoms with Crippen LogP contribution in [0.2, 0.25) is 0 Å². The molecule has 0 heterocycles. The Bertz CT molecular complexity index is 654. The Morgan fingerprint density at radius 3 is 2.41 bits per heavy atom. The van der Waals surface area contributed by atoms with E-state index in [1.165, 1.54) is 11.1 Å². The summed E-state index contributed by atoms with van der Waals surface area (Å²) in [4.78, 5) is 0. The standard InChI is InChI=1S/C20H24N2/c1-5-9-17-12-14-18(15-13-17)20(21-22(4)6-2)19-11-8-7-10-16(19)3/h6-8,10-15H,2,5,9H2,1,3-4H3/b21-20-. The molecule has 0 saturated heterocycles. The van der Waals surface area contributed by atoms with Gasteiger partial charge in [0.15, 0.2) is 0 Å². The SMILES string of the molecule is C=CN(C)/N=C(/c1ccc(CCC)cc1)c1ccccc1C. The van der Waals surface area contributed by atoms with E-state index < -0.39 is 0 Å². The van der Waals surface area contributed by atoms with Crippen molar-refractivity contribution in [3.05, 3.63) is 83.6 Å². The molecule has 22 heavy (non-hydrogen) atoms. The molecule has 0 aromatic heterocycles. The van der Waals surface area contributed by atoms with Gasteiger partial charge in [0.25, 0.3) is 0 Å². The molecule has 2 nitrogen and oxygen atoms in total. The third-order valence-corrected chi connectivity index (χ3v) is 3.69. The molecule has 0 fully saturated rings. The molecule has 2 aromatic carbocycles. The highest BCUT2D eigenvalue weighted by Gasteiger charge is 2.10. The van der Waals surface area contributed by atoms with Gasteiger partial charge in [-0.15, -0.1) is 0 Å². The van der Waals surface area contributed by atoms with E-state index in [1.54, 1.807) is 11.2 Å². The third-order valence-electron chi connectivity index (χ3n) is 3.69. The predicted molar refractivity (Wildman–Crippen MR) is 95.2 cm³/mol. The van der Waals surface area contributed by atoms with Crippen LogP contribution in [0.1, 0.15) is 35.6 Å². The zero-order chi connectivity index (χ0) is 15.9. The molecule has 0 spiro atoms. The van der Waals surface area contributed by atoms with Crippen LogP contribution in [0.15, 0.2) is 66.4 Å². The number of benzene rings is 2. The minimum absolute atomic E-state index is 0.976. The van der Waals surface area contributed by atoms with Crippen molar-refractivity contribution in [2.75, 3.05) is 7.05 Å². The lowest BCUT2D eigenvalue weighted by molar-refractivity contribution is 0.492. The van der Waals surface area contributed by atoms with Crippen molar-refractivity contribution in [1.82, 2.24) is 5.01 Å². The fourth-order valence-electron chi connectivity index (χ4n) is 2.42. The molecule has 0 aliphatic carbocycles. The zero-order valence-corrected chi connectivity index (χ0v) is 13.7. The lowest BCUT2D eigenvalue weighted by Crippen LogP contribution is -2.12. The summed E-state index contributed by atoms with van der Waals surface area (Å²) in [6.45, 7) is 8.10. The van der Waals surface area contributed by atoms with Gasteiger partial charge in [0.1, 0.15) is 0 Å². The first kappa shape index (κ1) is 16.0. The first-order valence-corrected chi connectivity index (χ1v) is 7.75. The van der Waals surface area contributed by atoms with Gasteiger partial charge in [0.05, 0.1) is 5.71 Å². The minimum Gasteiger partial charge on any atom is -0.276 e. The second-order valence-electron chi connectivity index (χ2n) is 5.47. The van der Waals surface area contributed by atoms with Gasteiger partial charge in [0.2, 0.25) is 0 Å². The summed E-state index contributed by atoms with van der Waals surface area (Å²) < 4.78 is 0. The van der Waals surface area contributed by atoms with Crippen LogP contribution in [-0.2, 0) is 6.42 Å². The second-order valence-corrected chi connectivity index (χ2v) is 5.47. The first-order valence-electron chi connectivity index (χ1n) is 7.75. The Balaban J connectivity index is 2.47. The van der Waals surface area contributed by atoms with E-state index in [1.807, 2.05) is 7.05 Å². The van der Waals surface area contributed by atoms with Crippen LogP contribution in [0.4, 0.5) is 0 Å². The molecule has 0 unspecified atom stereocenters. The van der Waals surface area contributed by atoms with Crippen LogP contribution < -0.4 is 0 Å². The maximum absolute atomic E-state index is 4.70. The molecule has 0 N–H and O–H groups in total. The van der Waals surface area contributed by atoms with Gasteiger partial charge >= 0.3 is 0 Å². The topological polar surface area (TPSA) is 15.6 Å². The monoisotopic (exact) mass is 292 g/mol. The van der Waals surface area contributed by atoms with Crippen molar-refractivity contribution in [1.29, 1.82) is 0 Å². The normalized spacial score (nSPS) is 11.3. The average Bonchev–Trinajstić information content (AvgIpc) is 2.54. The molecule has 0 amide bonds. The molecule has 0 atom stereocenters. The van der Waals surface area contributed by atoms with E-state index in [0.29, 0.717) is 0 Å². The molecule has 0 radical (unpaired) electrons. The Kier molecular flexibility index (Phi) is 5.54. The Morgan fingerprint density at radius 1 is 1.14 bits per heavy atom. The van der Waals surface area contributed by atoms with Gasteiger partial charge in [-0.1, -0.05) is 68.5 Å². The fourth-order valence-corrected chi connectivity index (χ4v) is 2.42. The molecule has 114 valence electrons. The van der Waals surface area contributed by atoms with Crippen LogP contribution in [-0.4, -0.2) is 17.8 Å². The van der Waals surface area contributed by atoms with Gasteiger partial charge in [-0.25, -0.2) is 0 Å². The van der Waals surface area contributed by atoms with Crippen molar-refractivity contribution >= 4 is 5.71 Å². The lowest BCUT2D eigenvalue weighted by atomic mass is 9.97. The number of hydrazone groups is 1. The molecular weight excluding hydrogens is 268 g/mol. The number of hydrogen-bond donors (Lipinski definition) is 0. The molecule has 0 bridgehead atoms. The summed E-state index contributed by atoms with van der Waals surface area (Å²) >= 11 is 0. The Labute approximate surface area is 133 Å². The van der Waals surface area contributed by atoms with Gasteiger partial charge in [-0.3, -0.25) is 5.01 Å². The summed E-state index contributed by atoms with van der Waals surface area (Å²) in [5.41, 5.74) is 5.84. The van der Waals surface area contributed by atoms with E-state index in [2.05, 4.69) is 69.0 Å².